The molecule has 0 bridgehead atoms. The van der Waals surface area contributed by atoms with E-state index in [0.717, 1.165) is 29.2 Å². The number of benzene rings is 4. The fourth-order valence-electron chi connectivity index (χ4n) is 5.41. The summed E-state index contributed by atoms with van der Waals surface area (Å²) in [5.74, 6) is -1.75. The molecule has 0 aliphatic rings. The third-order valence-electron chi connectivity index (χ3n) is 8.61. The first kappa shape index (κ1) is 42.2. The summed E-state index contributed by atoms with van der Waals surface area (Å²) in [6, 6.07) is 17.7. The second-order valence-corrected chi connectivity index (χ2v) is 17.3. The Labute approximate surface area is 347 Å². The van der Waals surface area contributed by atoms with Crippen molar-refractivity contribution in [1.82, 2.24) is 9.36 Å². The summed E-state index contributed by atoms with van der Waals surface area (Å²) in [5.41, 5.74) is 2.25. The number of hydrogen-bond acceptors (Lipinski definition) is 15. The number of fused-ring (bicyclic) bond motifs is 1. The molecule has 0 unspecified atom stereocenters. The molecule has 17 nitrogen and oxygen atoms in total. The van der Waals surface area contributed by atoms with Crippen LogP contribution in [0.15, 0.2) is 92.8 Å². The number of halogens is 1. The second kappa shape index (κ2) is 17.2. The van der Waals surface area contributed by atoms with Crippen LogP contribution >= 0.6 is 23.1 Å². The first-order valence-electron chi connectivity index (χ1n) is 17.1. The molecular formula is C38H33ClN8O9S3. The van der Waals surface area contributed by atoms with Gasteiger partial charge in [-0.3, -0.25) is 14.2 Å². The van der Waals surface area contributed by atoms with Crippen LogP contribution in [-0.4, -0.2) is 62.6 Å². The summed E-state index contributed by atoms with van der Waals surface area (Å²) < 4.78 is 74.2. The zero-order chi connectivity index (χ0) is 42.6. The van der Waals surface area contributed by atoms with E-state index in [0.29, 0.717) is 32.9 Å². The second-order valence-electron chi connectivity index (χ2n) is 12.8. The molecule has 59 heavy (non-hydrogen) atoms. The van der Waals surface area contributed by atoms with Gasteiger partial charge in [-0.05, 0) is 110 Å². The highest BCUT2D eigenvalue weighted by molar-refractivity contribution is 7.93. The molecule has 1 amide bonds. The van der Waals surface area contributed by atoms with Crippen molar-refractivity contribution in [2.24, 2.45) is 10.2 Å². The number of hydrogen-bond donors (Lipinski definition) is 5. The van der Waals surface area contributed by atoms with Gasteiger partial charge in [-0.15, -0.1) is 10.2 Å². The summed E-state index contributed by atoms with van der Waals surface area (Å²) in [4.78, 5) is 16.9. The number of aryl methyl sites for hydroxylation is 3. The maximum atomic E-state index is 13.7. The van der Waals surface area contributed by atoms with Gasteiger partial charge in [-0.25, -0.2) is 21.8 Å². The number of aromatic nitrogens is 2. The van der Waals surface area contributed by atoms with Gasteiger partial charge in [-0.1, -0.05) is 17.7 Å². The van der Waals surface area contributed by atoms with Crippen molar-refractivity contribution >= 4 is 87.9 Å². The summed E-state index contributed by atoms with van der Waals surface area (Å²) in [7, 11) is -7.50. The van der Waals surface area contributed by atoms with Gasteiger partial charge >= 0.3 is 0 Å². The third kappa shape index (κ3) is 9.51. The predicted molar refractivity (Wildman–Crippen MR) is 222 cm³/mol. The fraction of sp³-hybridized carbons (Fsp3) is 0.158. The van der Waals surface area contributed by atoms with E-state index in [2.05, 4.69) is 40.4 Å². The average molecular weight is 877 g/mol. The zero-order valence-electron chi connectivity index (χ0n) is 31.4. The Kier molecular flexibility index (Phi) is 12.3. The van der Waals surface area contributed by atoms with E-state index in [-0.39, 0.29) is 62.9 Å². The summed E-state index contributed by atoms with van der Waals surface area (Å²) in [6.45, 7) is 5.28. The lowest BCUT2D eigenvalue weighted by Gasteiger charge is -2.17. The van der Waals surface area contributed by atoms with E-state index in [1.54, 1.807) is 26.8 Å². The minimum Gasteiger partial charge on any atom is -0.506 e. The maximum absolute atomic E-state index is 13.7. The van der Waals surface area contributed by atoms with Gasteiger partial charge in [-0.2, -0.15) is 9.64 Å². The number of pyridine rings is 1. The predicted octanol–water partition coefficient (Wildman–Crippen LogP) is 7.85. The Hall–Kier alpha value is -6.37. The van der Waals surface area contributed by atoms with Gasteiger partial charge in [0.2, 0.25) is 0 Å². The van der Waals surface area contributed by atoms with Crippen LogP contribution in [0, 0.1) is 32.1 Å². The van der Waals surface area contributed by atoms with Crippen LogP contribution in [0.4, 0.5) is 27.8 Å². The molecule has 4 aromatic carbocycles. The van der Waals surface area contributed by atoms with Crippen molar-refractivity contribution in [3.05, 3.63) is 106 Å². The number of azo groups is 1. The minimum absolute atomic E-state index is 0.0287. The first-order chi connectivity index (χ1) is 28.0. The van der Waals surface area contributed by atoms with Crippen molar-refractivity contribution in [3.8, 4) is 23.3 Å². The van der Waals surface area contributed by atoms with Crippen LogP contribution in [0.3, 0.4) is 0 Å². The maximum Gasteiger partial charge on any atom is 0.265 e. The Morgan fingerprint density at radius 3 is 2.42 bits per heavy atom. The largest absolute Gasteiger partial charge is 0.506 e. The van der Waals surface area contributed by atoms with E-state index in [4.69, 9.17) is 21.1 Å². The van der Waals surface area contributed by atoms with Crippen LogP contribution in [0.5, 0.6) is 17.2 Å². The van der Waals surface area contributed by atoms with Crippen molar-refractivity contribution in [3.63, 3.8) is 0 Å². The smallest absolute Gasteiger partial charge is 0.265 e. The third-order valence-corrected chi connectivity index (χ3v) is 12.4. The van der Waals surface area contributed by atoms with Gasteiger partial charge in [0.25, 0.3) is 26.0 Å². The Bertz CT molecular complexity index is 2930. The lowest BCUT2D eigenvalue weighted by molar-refractivity contribution is 0.102. The van der Waals surface area contributed by atoms with E-state index < -0.39 is 36.6 Å². The standard InChI is InChI=1S/C38H33ClN8O9S3/c1-20-12-30(32(48)13-21(20)2)47-59(53,54)34-18-25(8-9-33(34)56-11-10-55-4)46-58(51,52)27-7-5-6-23(14-27)37(50)42-31-17-26(16-29(39)35(31)49)43-44-38-28-15-24(19-40)22(3)41-36(28)45-57-38/h5-9,12-18,46-49H,10-11H2,1-4H3,(H,42,50). The number of aromatic hydroxyl groups is 2. The average Bonchev–Trinajstić information content (AvgIpc) is 3.59. The molecule has 2 aromatic heterocycles. The molecule has 304 valence electrons. The van der Waals surface area contributed by atoms with Crippen molar-refractivity contribution < 1.29 is 41.3 Å². The molecule has 0 fully saturated rings. The number of carbonyl (C=O) groups is 1. The molecule has 6 aromatic rings. The molecule has 0 spiro atoms. The number of amides is 1. The number of sulfonamides is 2. The molecule has 0 saturated heterocycles. The lowest BCUT2D eigenvalue weighted by Crippen LogP contribution is -2.18. The summed E-state index contributed by atoms with van der Waals surface area (Å²) >= 11 is 7.25. The first-order valence-corrected chi connectivity index (χ1v) is 21.3. The SMILES string of the molecule is COCCOc1ccc(NS(=O)(=O)c2cccc(C(=O)Nc3cc(N=Nc4snc5nc(C)c(C#N)cc45)cc(Cl)c3O)c2)cc1S(=O)(=O)Nc1cc(C)c(C)cc1O. The molecule has 5 N–H and O–H groups in total. The highest BCUT2D eigenvalue weighted by atomic mass is 35.5. The van der Waals surface area contributed by atoms with E-state index in [1.165, 1.54) is 61.7 Å². The molecule has 0 radical (unpaired) electrons. The number of nitrogens with zero attached hydrogens (tertiary/aromatic N) is 5. The number of nitriles is 1. The normalized spacial score (nSPS) is 11.7. The van der Waals surface area contributed by atoms with Crippen molar-refractivity contribution in [2.75, 3.05) is 35.1 Å². The number of carbonyl (C=O) groups excluding carboxylic acids is 1. The Balaban J connectivity index is 1.23. The van der Waals surface area contributed by atoms with Crippen LogP contribution < -0.4 is 19.5 Å². The molecule has 0 atom stereocenters. The lowest BCUT2D eigenvalue weighted by atomic mass is 10.1. The number of methoxy groups -OCH3 is 1. The number of nitrogens with one attached hydrogen (secondary N) is 3. The number of ether oxygens (including phenoxy) is 2. The van der Waals surface area contributed by atoms with Gasteiger partial charge in [0.15, 0.2) is 16.4 Å². The molecular weight excluding hydrogens is 844 g/mol. The summed E-state index contributed by atoms with van der Waals surface area (Å²) in [6.07, 6.45) is 0. The topological polar surface area (TPSA) is 255 Å². The number of phenolic OH excluding ortho intramolecular Hbond substituents is 2. The molecule has 2 heterocycles. The molecule has 0 aliphatic carbocycles. The van der Waals surface area contributed by atoms with E-state index >= 15 is 0 Å². The molecule has 6 rings (SSSR count). The number of phenols is 2. The van der Waals surface area contributed by atoms with Gasteiger partial charge in [0, 0.05) is 12.7 Å². The number of rotatable bonds is 14. The van der Waals surface area contributed by atoms with Gasteiger partial charge in [0.05, 0.1) is 55.9 Å². The van der Waals surface area contributed by atoms with Crippen molar-refractivity contribution in [1.29, 1.82) is 5.26 Å². The molecule has 0 aliphatic heterocycles. The summed E-state index contributed by atoms with van der Waals surface area (Å²) in [5, 5.41) is 42.1. The quantitative estimate of drug-likeness (QED) is 0.0398. The Morgan fingerprint density at radius 1 is 0.915 bits per heavy atom. The van der Waals surface area contributed by atoms with Crippen molar-refractivity contribution in [2.45, 2.75) is 30.6 Å². The van der Waals surface area contributed by atoms with Crippen LogP contribution in [0.2, 0.25) is 5.02 Å². The Morgan fingerprint density at radius 2 is 1.68 bits per heavy atom. The van der Waals surface area contributed by atoms with Crippen LogP contribution in [-0.2, 0) is 24.8 Å². The van der Waals surface area contributed by atoms with Crippen LogP contribution in [0.25, 0.3) is 11.0 Å². The number of anilines is 3. The minimum atomic E-state index is -4.48. The van der Waals surface area contributed by atoms with Gasteiger partial charge in [0.1, 0.15) is 29.1 Å². The fourth-order valence-corrected chi connectivity index (χ4v) is 8.60. The molecule has 0 saturated carbocycles. The van der Waals surface area contributed by atoms with E-state index in [9.17, 15) is 37.1 Å². The monoisotopic (exact) mass is 876 g/mol. The zero-order valence-corrected chi connectivity index (χ0v) is 34.6. The highest BCUT2D eigenvalue weighted by Crippen LogP contribution is 2.39. The van der Waals surface area contributed by atoms with E-state index in [1.807, 2.05) is 0 Å². The van der Waals surface area contributed by atoms with Gasteiger partial charge < -0.3 is 25.0 Å². The van der Waals surface area contributed by atoms with Crippen LogP contribution in [0.1, 0.15) is 32.7 Å². The molecule has 21 heteroatoms. The highest BCUT2D eigenvalue weighted by Gasteiger charge is 2.25.